The van der Waals surface area contributed by atoms with E-state index in [0.717, 1.165) is 6.07 Å². The van der Waals surface area contributed by atoms with Crippen LogP contribution in [0.4, 0.5) is 17.6 Å². The summed E-state index contributed by atoms with van der Waals surface area (Å²) < 4.78 is 57.0. The van der Waals surface area contributed by atoms with E-state index in [1.165, 1.54) is 13.0 Å². The quantitative estimate of drug-likeness (QED) is 0.533. The van der Waals surface area contributed by atoms with Gasteiger partial charge in [-0.25, -0.2) is 4.39 Å². The highest BCUT2D eigenvalue weighted by Gasteiger charge is 2.41. The fourth-order valence-corrected chi connectivity index (χ4v) is 2.99. The number of alkyl halides is 3. The number of ketones is 1. The van der Waals surface area contributed by atoms with Crippen molar-refractivity contribution in [3.05, 3.63) is 28.5 Å². The van der Waals surface area contributed by atoms with Crippen LogP contribution < -0.4 is 4.74 Å². The largest absolute Gasteiger partial charge is 0.492 e. The molecule has 2 rings (SSSR count). The lowest BCUT2D eigenvalue weighted by Crippen LogP contribution is -2.29. The van der Waals surface area contributed by atoms with Crippen molar-refractivity contribution in [2.75, 3.05) is 6.61 Å². The van der Waals surface area contributed by atoms with Crippen LogP contribution in [-0.4, -0.2) is 18.6 Å². The minimum atomic E-state index is -4.14. The molecule has 0 bridgehead atoms. The lowest BCUT2D eigenvalue weighted by Gasteiger charge is -2.29. The number of carbonyl (C=O) groups is 1. The summed E-state index contributed by atoms with van der Waals surface area (Å²) in [5, 5.41) is 0.112. The molecule has 1 fully saturated rings. The van der Waals surface area contributed by atoms with Gasteiger partial charge in [-0.15, -0.1) is 0 Å². The number of hydrogen-bond acceptors (Lipinski definition) is 2. The maximum absolute atomic E-state index is 13.7. The molecule has 1 aliphatic rings. The van der Waals surface area contributed by atoms with E-state index in [-0.39, 0.29) is 41.7 Å². The fourth-order valence-electron chi connectivity index (χ4n) is 2.77. The Hall–Kier alpha value is -1.30. The molecule has 0 amide bonds. The van der Waals surface area contributed by atoms with Crippen LogP contribution in [0.2, 0.25) is 5.02 Å². The molecule has 0 saturated heterocycles. The number of Topliss-reactive ketones (excluding diaryl/α,β-unsaturated/α-hetero) is 1. The second-order valence-corrected chi connectivity index (χ2v) is 6.30. The molecule has 7 heteroatoms. The minimum Gasteiger partial charge on any atom is -0.492 e. The summed E-state index contributed by atoms with van der Waals surface area (Å²) in [7, 11) is 0. The van der Waals surface area contributed by atoms with Crippen LogP contribution >= 0.6 is 11.6 Å². The third kappa shape index (κ3) is 4.59. The number of benzene rings is 1. The van der Waals surface area contributed by atoms with Crippen molar-refractivity contribution < 1.29 is 27.1 Å². The number of carbonyl (C=O) groups excluding carboxylic acids is 1. The molecule has 1 aliphatic carbocycles. The third-order valence-corrected chi connectivity index (χ3v) is 4.48. The summed E-state index contributed by atoms with van der Waals surface area (Å²) >= 11 is 5.95. The molecule has 0 spiro atoms. The Bertz CT molecular complexity index is 578. The fraction of sp³-hybridized carbons (Fsp3) is 0.562. The van der Waals surface area contributed by atoms with Gasteiger partial charge in [0.1, 0.15) is 11.6 Å². The lowest BCUT2D eigenvalue weighted by molar-refractivity contribution is -0.184. The van der Waals surface area contributed by atoms with Gasteiger partial charge in [0.15, 0.2) is 5.78 Å². The van der Waals surface area contributed by atoms with Gasteiger partial charge in [-0.05, 0) is 44.6 Å². The number of hydrogen-bond donors (Lipinski definition) is 0. The molecule has 0 atom stereocenters. The van der Waals surface area contributed by atoms with Gasteiger partial charge in [0.25, 0.3) is 0 Å². The van der Waals surface area contributed by atoms with Gasteiger partial charge in [-0.1, -0.05) is 11.6 Å². The van der Waals surface area contributed by atoms with Gasteiger partial charge in [0, 0.05) is 6.07 Å². The zero-order chi connectivity index (χ0) is 17.2. The first-order valence-electron chi connectivity index (χ1n) is 7.38. The topological polar surface area (TPSA) is 26.3 Å². The Balaban J connectivity index is 1.93. The molecule has 1 aromatic rings. The molecule has 23 heavy (non-hydrogen) atoms. The van der Waals surface area contributed by atoms with Crippen molar-refractivity contribution in [2.24, 2.45) is 11.8 Å². The van der Waals surface area contributed by atoms with Crippen molar-refractivity contribution in [2.45, 2.75) is 38.8 Å². The summed E-state index contributed by atoms with van der Waals surface area (Å²) in [5.41, 5.74) is -0.118. The second-order valence-electron chi connectivity index (χ2n) is 5.89. The van der Waals surface area contributed by atoms with Crippen LogP contribution in [0.3, 0.4) is 0 Å². The van der Waals surface area contributed by atoms with E-state index in [0.29, 0.717) is 12.8 Å². The van der Waals surface area contributed by atoms with Crippen LogP contribution in [-0.2, 0) is 0 Å². The smallest absolute Gasteiger partial charge is 0.391 e. The highest BCUT2D eigenvalue weighted by molar-refractivity contribution is 6.32. The zero-order valence-electron chi connectivity index (χ0n) is 12.6. The first-order chi connectivity index (χ1) is 10.7. The Morgan fingerprint density at radius 2 is 1.87 bits per heavy atom. The van der Waals surface area contributed by atoms with E-state index >= 15 is 0 Å². The molecule has 0 heterocycles. The SMILES string of the molecule is CC(=O)c1cc(Cl)c(OCC2CCC(C(F)(F)F)CC2)cc1F. The van der Waals surface area contributed by atoms with Crippen LogP contribution in [0.5, 0.6) is 5.75 Å². The molecule has 0 aliphatic heterocycles. The Morgan fingerprint density at radius 1 is 1.26 bits per heavy atom. The zero-order valence-corrected chi connectivity index (χ0v) is 13.3. The van der Waals surface area contributed by atoms with Crippen LogP contribution in [0.15, 0.2) is 12.1 Å². The van der Waals surface area contributed by atoms with Crippen LogP contribution in [0, 0.1) is 17.7 Å². The monoisotopic (exact) mass is 352 g/mol. The Labute approximate surface area is 136 Å². The molecule has 0 unspecified atom stereocenters. The number of rotatable bonds is 4. The third-order valence-electron chi connectivity index (χ3n) is 4.19. The highest BCUT2D eigenvalue weighted by atomic mass is 35.5. The highest BCUT2D eigenvalue weighted by Crippen LogP contribution is 2.40. The summed E-state index contributed by atoms with van der Waals surface area (Å²) in [6.07, 6.45) is -3.14. The van der Waals surface area contributed by atoms with E-state index in [1.807, 2.05) is 0 Å². The number of halogens is 5. The van der Waals surface area contributed by atoms with Crippen LogP contribution in [0.25, 0.3) is 0 Å². The molecular weight excluding hydrogens is 336 g/mol. The van der Waals surface area contributed by atoms with Gasteiger partial charge in [-0.3, -0.25) is 4.79 Å². The molecule has 1 saturated carbocycles. The predicted molar refractivity (Wildman–Crippen MR) is 78.4 cm³/mol. The molecule has 0 aromatic heterocycles. The van der Waals surface area contributed by atoms with Gasteiger partial charge in [0.05, 0.1) is 23.1 Å². The minimum absolute atomic E-state index is 0.0137. The lowest BCUT2D eigenvalue weighted by atomic mass is 9.82. The summed E-state index contributed by atoms with van der Waals surface area (Å²) in [5.74, 6) is -2.32. The summed E-state index contributed by atoms with van der Waals surface area (Å²) in [4.78, 5) is 11.2. The first-order valence-corrected chi connectivity index (χ1v) is 7.75. The summed E-state index contributed by atoms with van der Waals surface area (Å²) in [6, 6.07) is 2.25. The molecule has 0 N–H and O–H groups in total. The maximum Gasteiger partial charge on any atom is 0.391 e. The van der Waals surface area contributed by atoms with Crippen molar-refractivity contribution in [1.82, 2.24) is 0 Å². The second kappa shape index (κ2) is 7.07. The van der Waals surface area contributed by atoms with Crippen molar-refractivity contribution in [3.8, 4) is 5.75 Å². The normalized spacial score (nSPS) is 22.0. The van der Waals surface area contributed by atoms with Gasteiger partial charge < -0.3 is 4.74 Å². The molecule has 1 aromatic carbocycles. The van der Waals surface area contributed by atoms with E-state index in [4.69, 9.17) is 16.3 Å². The standard InChI is InChI=1S/C16H17ClF4O2/c1-9(22)12-6-13(17)15(7-14(12)18)23-8-10-2-4-11(5-3-10)16(19,20)21/h6-7,10-11H,2-5,8H2,1H3. The van der Waals surface area contributed by atoms with Crippen LogP contribution in [0.1, 0.15) is 43.0 Å². The molecule has 0 radical (unpaired) electrons. The van der Waals surface area contributed by atoms with E-state index in [2.05, 4.69) is 0 Å². The average molecular weight is 353 g/mol. The van der Waals surface area contributed by atoms with E-state index in [9.17, 15) is 22.4 Å². The maximum atomic E-state index is 13.7. The van der Waals surface area contributed by atoms with Crippen molar-refractivity contribution >= 4 is 17.4 Å². The van der Waals surface area contributed by atoms with Gasteiger partial charge in [0.2, 0.25) is 0 Å². The first kappa shape index (κ1) is 18.0. The Kier molecular flexibility index (Phi) is 5.55. The summed E-state index contributed by atoms with van der Waals surface area (Å²) in [6.45, 7) is 1.41. The average Bonchev–Trinajstić information content (AvgIpc) is 2.47. The Morgan fingerprint density at radius 3 is 2.39 bits per heavy atom. The van der Waals surface area contributed by atoms with E-state index < -0.39 is 23.7 Å². The predicted octanol–water partition coefficient (Wildman–Crippen LogP) is 5.43. The molecule has 2 nitrogen and oxygen atoms in total. The van der Waals surface area contributed by atoms with E-state index in [1.54, 1.807) is 0 Å². The van der Waals surface area contributed by atoms with Crippen molar-refractivity contribution in [3.63, 3.8) is 0 Å². The van der Waals surface area contributed by atoms with Gasteiger partial charge in [-0.2, -0.15) is 13.2 Å². The molecule has 128 valence electrons. The molecular formula is C16H17ClF4O2. The number of ether oxygens (including phenoxy) is 1. The van der Waals surface area contributed by atoms with Crippen molar-refractivity contribution in [1.29, 1.82) is 0 Å². The van der Waals surface area contributed by atoms with Gasteiger partial charge >= 0.3 is 6.18 Å².